The van der Waals surface area contributed by atoms with Crippen LogP contribution >= 0.6 is 15.9 Å². The molecule has 3 nitrogen and oxygen atoms in total. The molecule has 1 aliphatic rings. The van der Waals surface area contributed by atoms with Crippen molar-refractivity contribution in [3.63, 3.8) is 0 Å². The minimum absolute atomic E-state index is 0.117. The number of nitrogens with two attached hydrogens (primary N) is 1. The van der Waals surface area contributed by atoms with E-state index >= 15 is 0 Å². The Morgan fingerprint density at radius 3 is 2.73 bits per heavy atom. The molecule has 1 aromatic rings. The maximum Gasteiger partial charge on any atom is 0.140 e. The van der Waals surface area contributed by atoms with Crippen LogP contribution in [0.15, 0.2) is 16.7 Å². The number of anilines is 2. The standard InChI is InChI=1S/C11H16BrN3/c1-11(2,7-3-4-7)15-10-9(12)5-8(13)6-14-10/h5-7H,3-4,13H2,1-2H3,(H,14,15). The second-order valence-corrected chi connectivity index (χ2v) is 5.57. The molecule has 1 aromatic heterocycles. The van der Waals surface area contributed by atoms with Gasteiger partial charge < -0.3 is 11.1 Å². The third-order valence-corrected chi connectivity index (χ3v) is 3.51. The first-order valence-corrected chi connectivity index (χ1v) is 5.97. The molecular weight excluding hydrogens is 254 g/mol. The molecule has 0 bridgehead atoms. The van der Waals surface area contributed by atoms with E-state index in [1.807, 2.05) is 6.07 Å². The van der Waals surface area contributed by atoms with Crippen LogP contribution in [0.5, 0.6) is 0 Å². The zero-order chi connectivity index (χ0) is 11.1. The molecule has 0 spiro atoms. The number of nitrogen functional groups attached to an aromatic ring is 1. The van der Waals surface area contributed by atoms with Gasteiger partial charge in [0.05, 0.1) is 16.4 Å². The lowest BCUT2D eigenvalue weighted by molar-refractivity contribution is 0.492. The van der Waals surface area contributed by atoms with Crippen molar-refractivity contribution in [2.24, 2.45) is 5.92 Å². The van der Waals surface area contributed by atoms with E-state index in [1.54, 1.807) is 6.20 Å². The largest absolute Gasteiger partial charge is 0.397 e. The van der Waals surface area contributed by atoms with Crippen LogP contribution in [-0.4, -0.2) is 10.5 Å². The van der Waals surface area contributed by atoms with Crippen LogP contribution in [0, 0.1) is 5.92 Å². The fraction of sp³-hybridized carbons (Fsp3) is 0.545. The Bertz CT molecular complexity index is 372. The number of rotatable bonds is 3. The Labute approximate surface area is 98.6 Å². The van der Waals surface area contributed by atoms with Crippen LogP contribution in [0.4, 0.5) is 11.5 Å². The number of aromatic nitrogens is 1. The van der Waals surface area contributed by atoms with Crippen molar-refractivity contribution in [3.8, 4) is 0 Å². The van der Waals surface area contributed by atoms with Crippen LogP contribution in [0.2, 0.25) is 0 Å². The van der Waals surface area contributed by atoms with E-state index in [2.05, 4.69) is 40.1 Å². The predicted octanol–water partition coefficient (Wildman–Crippen LogP) is 3.03. The molecule has 0 aliphatic heterocycles. The summed E-state index contributed by atoms with van der Waals surface area (Å²) >= 11 is 3.46. The highest BCUT2D eigenvalue weighted by atomic mass is 79.9. The van der Waals surface area contributed by atoms with E-state index in [-0.39, 0.29) is 5.54 Å². The summed E-state index contributed by atoms with van der Waals surface area (Å²) in [7, 11) is 0. The molecule has 1 heterocycles. The summed E-state index contributed by atoms with van der Waals surface area (Å²) in [6.45, 7) is 4.43. The molecule has 82 valence electrons. The van der Waals surface area contributed by atoms with Crippen LogP contribution in [-0.2, 0) is 0 Å². The highest BCUT2D eigenvalue weighted by Crippen LogP contribution is 2.41. The molecule has 1 fully saturated rings. The third-order valence-electron chi connectivity index (χ3n) is 2.90. The molecule has 0 radical (unpaired) electrons. The molecule has 4 heteroatoms. The number of pyridine rings is 1. The van der Waals surface area contributed by atoms with Crippen LogP contribution in [0.1, 0.15) is 26.7 Å². The van der Waals surface area contributed by atoms with E-state index in [9.17, 15) is 0 Å². The SMILES string of the molecule is CC(C)(Nc1ncc(N)cc1Br)C1CC1. The van der Waals surface area contributed by atoms with Crippen molar-refractivity contribution in [2.45, 2.75) is 32.2 Å². The predicted molar refractivity (Wildman–Crippen MR) is 66.8 cm³/mol. The molecule has 1 saturated carbocycles. The average molecular weight is 270 g/mol. The highest BCUT2D eigenvalue weighted by molar-refractivity contribution is 9.10. The fourth-order valence-corrected chi connectivity index (χ4v) is 2.22. The summed E-state index contributed by atoms with van der Waals surface area (Å²) in [6.07, 6.45) is 4.30. The number of nitrogens with zero attached hydrogens (tertiary/aromatic N) is 1. The van der Waals surface area contributed by atoms with Crippen molar-refractivity contribution in [1.29, 1.82) is 0 Å². The summed E-state index contributed by atoms with van der Waals surface area (Å²) in [5.41, 5.74) is 6.44. The lowest BCUT2D eigenvalue weighted by Gasteiger charge is -2.27. The Kier molecular flexibility index (Phi) is 2.63. The van der Waals surface area contributed by atoms with Crippen molar-refractivity contribution in [3.05, 3.63) is 16.7 Å². The van der Waals surface area contributed by atoms with Gasteiger partial charge in [0.2, 0.25) is 0 Å². The van der Waals surface area contributed by atoms with E-state index in [4.69, 9.17) is 5.73 Å². The van der Waals surface area contributed by atoms with Crippen molar-refractivity contribution in [1.82, 2.24) is 4.98 Å². The maximum atomic E-state index is 5.64. The van der Waals surface area contributed by atoms with Gasteiger partial charge in [0.1, 0.15) is 5.82 Å². The molecule has 1 aliphatic carbocycles. The van der Waals surface area contributed by atoms with Gasteiger partial charge in [-0.2, -0.15) is 0 Å². The zero-order valence-electron chi connectivity index (χ0n) is 9.05. The first-order valence-electron chi connectivity index (χ1n) is 5.18. The number of halogens is 1. The topological polar surface area (TPSA) is 50.9 Å². The monoisotopic (exact) mass is 269 g/mol. The van der Waals surface area contributed by atoms with Crippen molar-refractivity contribution < 1.29 is 0 Å². The number of nitrogens with one attached hydrogen (secondary N) is 1. The first kappa shape index (κ1) is 10.7. The van der Waals surface area contributed by atoms with Gasteiger partial charge >= 0.3 is 0 Å². The van der Waals surface area contributed by atoms with Gasteiger partial charge in [-0.05, 0) is 54.6 Å². The Hall–Kier alpha value is -0.770. The van der Waals surface area contributed by atoms with Crippen LogP contribution < -0.4 is 11.1 Å². The molecule has 0 saturated heterocycles. The molecule has 15 heavy (non-hydrogen) atoms. The maximum absolute atomic E-state index is 5.64. The quantitative estimate of drug-likeness (QED) is 0.887. The fourth-order valence-electron chi connectivity index (χ4n) is 1.76. The zero-order valence-corrected chi connectivity index (χ0v) is 10.6. The lowest BCUT2D eigenvalue weighted by atomic mass is 9.99. The Balaban J connectivity index is 2.16. The van der Waals surface area contributed by atoms with E-state index in [0.29, 0.717) is 5.69 Å². The number of hydrogen-bond acceptors (Lipinski definition) is 3. The third kappa shape index (κ3) is 2.43. The second kappa shape index (κ2) is 3.67. The summed E-state index contributed by atoms with van der Waals surface area (Å²) in [6, 6.07) is 1.87. The summed E-state index contributed by atoms with van der Waals surface area (Å²) < 4.78 is 0.927. The lowest BCUT2D eigenvalue weighted by Crippen LogP contribution is -2.33. The molecule has 0 amide bonds. The van der Waals surface area contributed by atoms with Gasteiger partial charge in [0.15, 0.2) is 0 Å². The smallest absolute Gasteiger partial charge is 0.140 e. The van der Waals surface area contributed by atoms with Gasteiger partial charge in [-0.3, -0.25) is 0 Å². The molecule has 3 N–H and O–H groups in total. The number of hydrogen-bond donors (Lipinski definition) is 2. The Morgan fingerprint density at radius 2 is 2.20 bits per heavy atom. The van der Waals surface area contributed by atoms with Gasteiger partial charge in [-0.15, -0.1) is 0 Å². The van der Waals surface area contributed by atoms with Crippen molar-refractivity contribution in [2.75, 3.05) is 11.1 Å². The summed E-state index contributed by atoms with van der Waals surface area (Å²) in [5.74, 6) is 1.64. The molecule has 2 rings (SSSR count). The van der Waals surface area contributed by atoms with Crippen molar-refractivity contribution >= 4 is 27.4 Å². The second-order valence-electron chi connectivity index (χ2n) is 4.72. The molecule has 0 atom stereocenters. The first-order chi connectivity index (χ1) is 6.99. The van der Waals surface area contributed by atoms with Crippen LogP contribution in [0.3, 0.4) is 0 Å². The van der Waals surface area contributed by atoms with Gasteiger partial charge in [0.25, 0.3) is 0 Å². The van der Waals surface area contributed by atoms with Gasteiger partial charge in [0, 0.05) is 5.54 Å². The van der Waals surface area contributed by atoms with E-state index in [1.165, 1.54) is 12.8 Å². The molecule has 0 aromatic carbocycles. The van der Waals surface area contributed by atoms with Crippen LogP contribution in [0.25, 0.3) is 0 Å². The minimum Gasteiger partial charge on any atom is -0.397 e. The summed E-state index contributed by atoms with van der Waals surface area (Å²) in [5, 5.41) is 3.46. The van der Waals surface area contributed by atoms with E-state index in [0.717, 1.165) is 16.2 Å². The highest BCUT2D eigenvalue weighted by Gasteiger charge is 2.38. The van der Waals surface area contributed by atoms with Gasteiger partial charge in [-0.1, -0.05) is 0 Å². The molecule has 0 unspecified atom stereocenters. The van der Waals surface area contributed by atoms with E-state index < -0.39 is 0 Å². The molecular formula is C11H16BrN3. The Morgan fingerprint density at radius 1 is 1.53 bits per heavy atom. The van der Waals surface area contributed by atoms with Gasteiger partial charge in [-0.25, -0.2) is 4.98 Å². The average Bonchev–Trinajstić information content (AvgIpc) is 2.92. The summed E-state index contributed by atoms with van der Waals surface area (Å²) in [4.78, 5) is 4.29. The minimum atomic E-state index is 0.117. The normalized spacial score (nSPS) is 16.5.